The van der Waals surface area contributed by atoms with Crippen molar-refractivity contribution in [3.63, 3.8) is 0 Å². The van der Waals surface area contributed by atoms with Crippen LogP contribution in [0.4, 0.5) is 0 Å². The molecule has 2 heterocycles. The van der Waals surface area contributed by atoms with Gasteiger partial charge in [0.2, 0.25) is 5.60 Å². The highest BCUT2D eigenvalue weighted by molar-refractivity contribution is 6.99. The van der Waals surface area contributed by atoms with E-state index in [1.807, 2.05) is 36.4 Å². The van der Waals surface area contributed by atoms with Crippen LogP contribution < -0.4 is 10.4 Å². The fraction of sp³-hybridized carbons (Fsp3) is 0.483. The Morgan fingerprint density at radius 1 is 1.00 bits per heavy atom. The van der Waals surface area contributed by atoms with Gasteiger partial charge < -0.3 is 23.4 Å². The second-order valence-corrected chi connectivity index (χ2v) is 15.1. The predicted molar refractivity (Wildman–Crippen MR) is 140 cm³/mol. The second-order valence-electron chi connectivity index (χ2n) is 10.8. The Bertz CT molecular complexity index is 1090. The summed E-state index contributed by atoms with van der Waals surface area (Å²) >= 11 is 0. The van der Waals surface area contributed by atoms with Crippen LogP contribution in [0.5, 0.6) is 0 Å². The van der Waals surface area contributed by atoms with Crippen LogP contribution in [0.2, 0.25) is 5.04 Å². The zero-order valence-electron chi connectivity index (χ0n) is 22.2. The van der Waals surface area contributed by atoms with E-state index in [4.69, 9.17) is 23.4 Å². The highest BCUT2D eigenvalue weighted by Crippen LogP contribution is 2.46. The standard InChI is InChI=1S/C29H36O6Si/c1-8-19-29(33-21(2)30)24(32-26-25(29)34-28(6,7)35-26)20-31-36(27(3,4)5,22-15-11-9-12-16-22)23-17-13-10-14-18-23/h9-18,24-26H,20H2,1-7H3. The third-order valence-electron chi connectivity index (χ3n) is 6.76. The predicted octanol–water partition coefficient (Wildman–Crippen LogP) is 3.76. The van der Waals surface area contributed by atoms with E-state index in [2.05, 4.69) is 56.9 Å². The molecule has 4 rings (SSSR count). The number of carbonyl (C=O) groups excluding carboxylic acids is 1. The Morgan fingerprint density at radius 3 is 2.03 bits per heavy atom. The molecule has 2 aliphatic rings. The summed E-state index contributed by atoms with van der Waals surface area (Å²) in [7, 11) is -2.86. The first kappa shape index (κ1) is 26.6. The molecule has 0 spiro atoms. The number of carbonyl (C=O) groups is 1. The highest BCUT2D eigenvalue weighted by atomic mass is 28.4. The molecular weight excluding hydrogens is 472 g/mol. The van der Waals surface area contributed by atoms with Crippen LogP contribution in [0, 0.1) is 11.8 Å². The first-order valence-corrected chi connectivity index (χ1v) is 14.3. The van der Waals surface area contributed by atoms with E-state index in [-0.39, 0.29) is 11.6 Å². The molecule has 4 atom stereocenters. The number of fused-ring (bicyclic) bond motifs is 1. The van der Waals surface area contributed by atoms with E-state index in [0.717, 1.165) is 10.4 Å². The molecule has 0 amide bonds. The van der Waals surface area contributed by atoms with Crippen molar-refractivity contribution in [1.82, 2.24) is 0 Å². The molecule has 2 aromatic carbocycles. The average molecular weight is 509 g/mol. The lowest BCUT2D eigenvalue weighted by Crippen LogP contribution is -2.67. The maximum absolute atomic E-state index is 12.3. The minimum absolute atomic E-state index is 0.148. The zero-order valence-corrected chi connectivity index (χ0v) is 23.2. The fourth-order valence-electron chi connectivity index (χ4n) is 5.43. The maximum atomic E-state index is 12.3. The molecule has 0 N–H and O–H groups in total. The van der Waals surface area contributed by atoms with Crippen molar-refractivity contribution in [2.75, 3.05) is 6.61 Å². The van der Waals surface area contributed by atoms with Gasteiger partial charge in [-0.3, -0.25) is 4.79 Å². The number of rotatable bonds is 6. The minimum Gasteiger partial charge on any atom is -0.440 e. The van der Waals surface area contributed by atoms with E-state index in [1.54, 1.807) is 20.8 Å². The SMILES string of the molecule is CC#CC1(OC(C)=O)C(CO[Si](c2ccccc2)(c2ccccc2)C(C)(C)C)OC2OC(C)(C)OC21. The summed E-state index contributed by atoms with van der Waals surface area (Å²) in [4.78, 5) is 12.3. The number of hydrogen-bond donors (Lipinski definition) is 0. The van der Waals surface area contributed by atoms with E-state index in [1.165, 1.54) is 6.92 Å². The third kappa shape index (κ3) is 4.65. The van der Waals surface area contributed by atoms with Gasteiger partial charge in [0.05, 0.1) is 6.61 Å². The molecule has 2 aromatic rings. The van der Waals surface area contributed by atoms with Crippen molar-refractivity contribution in [2.45, 2.75) is 83.4 Å². The third-order valence-corrected chi connectivity index (χ3v) is 11.8. The van der Waals surface area contributed by atoms with Crippen LogP contribution in [0.25, 0.3) is 0 Å². The summed E-state index contributed by atoms with van der Waals surface area (Å²) in [6, 6.07) is 20.7. The van der Waals surface area contributed by atoms with Crippen molar-refractivity contribution in [1.29, 1.82) is 0 Å². The van der Waals surface area contributed by atoms with Crippen LogP contribution in [-0.4, -0.2) is 50.8 Å². The van der Waals surface area contributed by atoms with Gasteiger partial charge in [-0.1, -0.05) is 81.4 Å². The number of esters is 1. The Kier molecular flexibility index (Phi) is 7.21. The molecule has 0 bridgehead atoms. The topological polar surface area (TPSA) is 63.2 Å². The van der Waals surface area contributed by atoms with E-state index < -0.39 is 44.2 Å². The molecule has 0 radical (unpaired) electrons. The molecule has 4 unspecified atom stereocenters. The largest absolute Gasteiger partial charge is 0.440 e. The van der Waals surface area contributed by atoms with Gasteiger partial charge in [0.15, 0.2) is 18.2 Å². The normalized spacial score (nSPS) is 27.1. The van der Waals surface area contributed by atoms with Gasteiger partial charge in [0.25, 0.3) is 8.32 Å². The van der Waals surface area contributed by atoms with Crippen molar-refractivity contribution < 1.29 is 28.2 Å². The lowest BCUT2D eigenvalue weighted by atomic mass is 9.92. The van der Waals surface area contributed by atoms with Gasteiger partial charge in [-0.15, -0.1) is 5.92 Å². The van der Waals surface area contributed by atoms with Crippen LogP contribution in [-0.2, 0) is 28.2 Å². The van der Waals surface area contributed by atoms with Crippen LogP contribution in [0.3, 0.4) is 0 Å². The molecular formula is C29H36O6Si. The molecule has 0 saturated carbocycles. The highest BCUT2D eigenvalue weighted by Gasteiger charge is 2.66. The van der Waals surface area contributed by atoms with Gasteiger partial charge in [-0.2, -0.15) is 0 Å². The number of hydrogen-bond acceptors (Lipinski definition) is 6. The summed E-state index contributed by atoms with van der Waals surface area (Å²) < 4.78 is 31.5. The number of ether oxygens (including phenoxy) is 4. The fourth-order valence-corrected chi connectivity index (χ4v) is 9.98. The summed E-state index contributed by atoms with van der Waals surface area (Å²) in [5.74, 6) is 4.69. The Hall–Kier alpha value is -2.47. The van der Waals surface area contributed by atoms with Gasteiger partial charge in [-0.25, -0.2) is 0 Å². The van der Waals surface area contributed by atoms with Crippen LogP contribution in [0.15, 0.2) is 60.7 Å². The van der Waals surface area contributed by atoms with E-state index in [0.29, 0.717) is 0 Å². The molecule has 0 aromatic heterocycles. The monoisotopic (exact) mass is 508 g/mol. The van der Waals surface area contributed by atoms with Crippen LogP contribution in [0.1, 0.15) is 48.5 Å². The summed E-state index contributed by atoms with van der Waals surface area (Å²) in [5, 5.41) is 2.07. The smallest absolute Gasteiger partial charge is 0.304 e. The molecule has 2 fully saturated rings. The van der Waals surface area contributed by atoms with Crippen LogP contribution >= 0.6 is 0 Å². The van der Waals surface area contributed by atoms with Crippen molar-refractivity contribution in [3.8, 4) is 11.8 Å². The molecule has 0 aliphatic carbocycles. The van der Waals surface area contributed by atoms with Gasteiger partial charge in [-0.05, 0) is 42.1 Å². The quantitative estimate of drug-likeness (QED) is 0.336. The first-order chi connectivity index (χ1) is 17.0. The first-order valence-electron chi connectivity index (χ1n) is 12.3. The lowest BCUT2D eigenvalue weighted by molar-refractivity contribution is -0.230. The molecule has 192 valence electrons. The molecule has 2 aliphatic heterocycles. The van der Waals surface area contributed by atoms with Crippen molar-refractivity contribution in [3.05, 3.63) is 60.7 Å². The summed E-state index contributed by atoms with van der Waals surface area (Å²) in [6.45, 7) is 13.5. The second kappa shape index (κ2) is 9.77. The van der Waals surface area contributed by atoms with Crippen molar-refractivity contribution >= 4 is 24.7 Å². The van der Waals surface area contributed by atoms with Gasteiger partial charge in [0, 0.05) is 6.92 Å². The molecule has 36 heavy (non-hydrogen) atoms. The van der Waals surface area contributed by atoms with E-state index in [9.17, 15) is 4.79 Å². The molecule has 2 saturated heterocycles. The maximum Gasteiger partial charge on any atom is 0.304 e. The molecule has 7 heteroatoms. The van der Waals surface area contributed by atoms with E-state index >= 15 is 0 Å². The lowest BCUT2D eigenvalue weighted by Gasteiger charge is -2.44. The Morgan fingerprint density at radius 2 is 1.56 bits per heavy atom. The minimum atomic E-state index is -2.86. The summed E-state index contributed by atoms with van der Waals surface area (Å²) in [5.41, 5.74) is -1.36. The Labute approximate surface area is 215 Å². The number of benzene rings is 2. The molecule has 6 nitrogen and oxygen atoms in total. The van der Waals surface area contributed by atoms with Gasteiger partial charge >= 0.3 is 5.97 Å². The average Bonchev–Trinajstić information content (AvgIpc) is 3.25. The zero-order chi connectivity index (χ0) is 26.2. The Balaban J connectivity index is 1.79. The summed E-state index contributed by atoms with van der Waals surface area (Å²) in [6.07, 6.45) is -2.13. The van der Waals surface area contributed by atoms with Crippen molar-refractivity contribution in [2.24, 2.45) is 0 Å². The van der Waals surface area contributed by atoms with Gasteiger partial charge in [0.1, 0.15) is 6.10 Å².